The lowest BCUT2D eigenvalue weighted by molar-refractivity contribution is 0.0855. The lowest BCUT2D eigenvalue weighted by Crippen LogP contribution is -2.35. The molecule has 2 aromatic heterocycles. The van der Waals surface area contributed by atoms with Crippen LogP contribution in [-0.2, 0) is 17.8 Å². The van der Waals surface area contributed by atoms with Crippen molar-refractivity contribution in [3.05, 3.63) is 46.3 Å². The molecule has 0 amide bonds. The predicted molar refractivity (Wildman–Crippen MR) is 105 cm³/mol. The van der Waals surface area contributed by atoms with Gasteiger partial charge in [0, 0.05) is 38.6 Å². The highest BCUT2D eigenvalue weighted by Crippen LogP contribution is 2.34. The number of methoxy groups -OCH3 is 1. The molecule has 0 atom stereocenters. The standard InChI is InChI=1S/C20H23N5O3/c1-27-15-8-16(13-2-6-28-7-3-13)18-17(9-15)22-20(23-19(18)26)24-4-5-25-12-21-10-14(25)11-24/h8-10,12-13H,2-7,11H2,1H3,(H,22,23,26). The van der Waals surface area contributed by atoms with Gasteiger partial charge in [0.2, 0.25) is 5.95 Å². The van der Waals surface area contributed by atoms with E-state index in [1.807, 2.05) is 24.7 Å². The molecule has 1 aromatic carbocycles. The van der Waals surface area contributed by atoms with Gasteiger partial charge in [0.15, 0.2) is 0 Å². The average molecular weight is 381 g/mol. The van der Waals surface area contributed by atoms with E-state index in [9.17, 15) is 4.79 Å². The second kappa shape index (κ2) is 6.94. The Hall–Kier alpha value is -2.87. The molecule has 1 fully saturated rings. The lowest BCUT2D eigenvalue weighted by atomic mass is 9.89. The number of aromatic nitrogens is 4. The van der Waals surface area contributed by atoms with Crippen molar-refractivity contribution in [2.75, 3.05) is 31.8 Å². The molecule has 2 aliphatic rings. The van der Waals surface area contributed by atoms with E-state index in [0.717, 1.165) is 42.9 Å². The number of rotatable bonds is 3. The van der Waals surface area contributed by atoms with Crippen molar-refractivity contribution in [2.24, 2.45) is 0 Å². The molecule has 28 heavy (non-hydrogen) atoms. The van der Waals surface area contributed by atoms with Gasteiger partial charge in [-0.3, -0.25) is 9.78 Å². The number of ether oxygens (including phenoxy) is 2. The van der Waals surface area contributed by atoms with E-state index >= 15 is 0 Å². The van der Waals surface area contributed by atoms with E-state index < -0.39 is 0 Å². The van der Waals surface area contributed by atoms with E-state index in [1.165, 1.54) is 0 Å². The zero-order valence-corrected chi connectivity index (χ0v) is 15.9. The van der Waals surface area contributed by atoms with Crippen LogP contribution in [0.5, 0.6) is 5.75 Å². The molecule has 0 spiro atoms. The highest BCUT2D eigenvalue weighted by atomic mass is 16.5. The predicted octanol–water partition coefficient (Wildman–Crippen LogP) is 2.04. The molecule has 146 valence electrons. The van der Waals surface area contributed by atoms with Gasteiger partial charge in [-0.25, -0.2) is 9.97 Å². The fourth-order valence-electron chi connectivity index (χ4n) is 4.23. The van der Waals surface area contributed by atoms with Crippen LogP contribution < -0.4 is 15.2 Å². The average Bonchev–Trinajstić information content (AvgIpc) is 3.21. The molecule has 1 N–H and O–H groups in total. The summed E-state index contributed by atoms with van der Waals surface area (Å²) in [6.07, 6.45) is 5.50. The van der Waals surface area contributed by atoms with Gasteiger partial charge in [0.1, 0.15) is 5.75 Å². The highest BCUT2D eigenvalue weighted by Gasteiger charge is 2.23. The third-order valence-corrected chi connectivity index (χ3v) is 5.76. The van der Waals surface area contributed by atoms with Crippen LogP contribution in [0.4, 0.5) is 5.95 Å². The monoisotopic (exact) mass is 381 g/mol. The summed E-state index contributed by atoms with van der Waals surface area (Å²) in [5.41, 5.74) is 2.71. The Bertz CT molecular complexity index is 1070. The third-order valence-electron chi connectivity index (χ3n) is 5.76. The summed E-state index contributed by atoms with van der Waals surface area (Å²) in [5.74, 6) is 1.61. The normalized spacial score (nSPS) is 17.7. The first-order valence-corrected chi connectivity index (χ1v) is 9.66. The fourth-order valence-corrected chi connectivity index (χ4v) is 4.23. The lowest BCUT2D eigenvalue weighted by Gasteiger charge is -2.29. The third kappa shape index (κ3) is 2.93. The Kier molecular flexibility index (Phi) is 4.27. The van der Waals surface area contributed by atoms with Crippen LogP contribution in [0.25, 0.3) is 10.9 Å². The first-order chi connectivity index (χ1) is 13.7. The fraction of sp³-hybridized carbons (Fsp3) is 0.450. The number of benzene rings is 1. The molecule has 2 aliphatic heterocycles. The highest BCUT2D eigenvalue weighted by molar-refractivity contribution is 5.84. The molecule has 0 saturated carbocycles. The van der Waals surface area contributed by atoms with E-state index in [-0.39, 0.29) is 11.5 Å². The van der Waals surface area contributed by atoms with Crippen LogP contribution in [-0.4, -0.2) is 46.4 Å². The molecule has 0 unspecified atom stereocenters. The minimum atomic E-state index is -0.0942. The number of nitrogens with one attached hydrogen (secondary N) is 1. The van der Waals surface area contributed by atoms with Crippen LogP contribution in [0.2, 0.25) is 0 Å². The van der Waals surface area contributed by atoms with E-state index in [2.05, 4.69) is 19.4 Å². The minimum Gasteiger partial charge on any atom is -0.497 e. The van der Waals surface area contributed by atoms with Crippen molar-refractivity contribution in [1.82, 2.24) is 19.5 Å². The summed E-state index contributed by atoms with van der Waals surface area (Å²) in [5, 5.41) is 0.665. The molecule has 8 nitrogen and oxygen atoms in total. The van der Waals surface area contributed by atoms with Gasteiger partial charge in [-0.2, -0.15) is 0 Å². The quantitative estimate of drug-likeness (QED) is 0.747. The second-order valence-electron chi connectivity index (χ2n) is 7.39. The van der Waals surface area contributed by atoms with Crippen molar-refractivity contribution in [1.29, 1.82) is 0 Å². The molecule has 5 rings (SSSR count). The molecular weight excluding hydrogens is 358 g/mol. The number of hydrogen-bond donors (Lipinski definition) is 1. The van der Waals surface area contributed by atoms with Crippen molar-refractivity contribution in [3.8, 4) is 5.75 Å². The zero-order valence-electron chi connectivity index (χ0n) is 15.9. The Morgan fingerprint density at radius 3 is 2.93 bits per heavy atom. The molecule has 8 heteroatoms. The maximum absolute atomic E-state index is 13.1. The van der Waals surface area contributed by atoms with Gasteiger partial charge in [-0.05, 0) is 30.4 Å². The molecule has 0 aliphatic carbocycles. The zero-order chi connectivity index (χ0) is 19.1. The van der Waals surface area contributed by atoms with Gasteiger partial charge in [0.05, 0.1) is 36.6 Å². The second-order valence-corrected chi connectivity index (χ2v) is 7.39. The number of hydrogen-bond acceptors (Lipinski definition) is 6. The largest absolute Gasteiger partial charge is 0.497 e. The molecule has 3 aromatic rings. The number of imidazole rings is 1. The number of aromatic amines is 1. The Balaban J connectivity index is 1.59. The van der Waals surface area contributed by atoms with Crippen molar-refractivity contribution >= 4 is 16.9 Å². The van der Waals surface area contributed by atoms with Crippen LogP contribution in [0.1, 0.15) is 30.0 Å². The van der Waals surface area contributed by atoms with Crippen LogP contribution in [0, 0.1) is 0 Å². The number of H-pyrrole nitrogens is 1. The topological polar surface area (TPSA) is 85.3 Å². The van der Waals surface area contributed by atoms with Gasteiger partial charge in [-0.15, -0.1) is 0 Å². The molecule has 1 saturated heterocycles. The number of nitrogens with zero attached hydrogens (tertiary/aromatic N) is 4. The molecular formula is C20H23N5O3. The number of fused-ring (bicyclic) bond motifs is 2. The van der Waals surface area contributed by atoms with Gasteiger partial charge < -0.3 is 18.9 Å². The Morgan fingerprint density at radius 1 is 1.25 bits per heavy atom. The van der Waals surface area contributed by atoms with Crippen molar-refractivity contribution < 1.29 is 9.47 Å². The summed E-state index contributed by atoms with van der Waals surface area (Å²) < 4.78 is 13.1. The Labute approximate surface area is 162 Å². The summed E-state index contributed by atoms with van der Waals surface area (Å²) in [4.78, 5) is 27.2. The molecule has 0 bridgehead atoms. The van der Waals surface area contributed by atoms with E-state index in [1.54, 1.807) is 7.11 Å². The van der Waals surface area contributed by atoms with E-state index in [4.69, 9.17) is 14.5 Å². The van der Waals surface area contributed by atoms with Gasteiger partial charge in [0.25, 0.3) is 5.56 Å². The summed E-state index contributed by atoms with van der Waals surface area (Å²) >= 11 is 0. The molecule has 4 heterocycles. The molecule has 0 radical (unpaired) electrons. The van der Waals surface area contributed by atoms with Crippen LogP contribution in [0.3, 0.4) is 0 Å². The maximum Gasteiger partial charge on any atom is 0.260 e. The van der Waals surface area contributed by atoms with Crippen LogP contribution in [0.15, 0.2) is 29.5 Å². The Morgan fingerprint density at radius 2 is 2.11 bits per heavy atom. The summed E-state index contributed by atoms with van der Waals surface area (Å²) in [7, 11) is 1.65. The van der Waals surface area contributed by atoms with Gasteiger partial charge >= 0.3 is 0 Å². The number of anilines is 1. The van der Waals surface area contributed by atoms with Crippen molar-refractivity contribution in [2.45, 2.75) is 31.8 Å². The first-order valence-electron chi connectivity index (χ1n) is 9.66. The minimum absolute atomic E-state index is 0.0942. The smallest absolute Gasteiger partial charge is 0.260 e. The first kappa shape index (κ1) is 17.2. The SMILES string of the molecule is COc1cc(C2CCOCC2)c2c(=O)[nH]c(N3CCn4cncc4C3)nc2c1. The van der Waals surface area contributed by atoms with Crippen molar-refractivity contribution in [3.63, 3.8) is 0 Å². The summed E-state index contributed by atoms with van der Waals surface area (Å²) in [6, 6.07) is 3.83. The van der Waals surface area contributed by atoms with Crippen LogP contribution >= 0.6 is 0 Å². The summed E-state index contributed by atoms with van der Waals surface area (Å²) in [6.45, 7) is 3.70. The maximum atomic E-state index is 13.1. The van der Waals surface area contributed by atoms with Gasteiger partial charge in [-0.1, -0.05) is 0 Å². The van der Waals surface area contributed by atoms with E-state index in [0.29, 0.717) is 36.6 Å².